The van der Waals surface area contributed by atoms with Crippen LogP contribution in [-0.4, -0.2) is 17.4 Å². The SMILES string of the molecule is C[C@@H](NCC(=O)Nc1cc(Cl)ccc1[N+](=O)[O-])c1cccc2ccccc12. The van der Waals surface area contributed by atoms with Gasteiger partial charge in [0, 0.05) is 17.1 Å². The van der Waals surface area contributed by atoms with E-state index in [0.717, 1.165) is 16.3 Å². The third-order valence-electron chi connectivity index (χ3n) is 4.29. The Morgan fingerprint density at radius 1 is 1.15 bits per heavy atom. The molecule has 0 heterocycles. The van der Waals surface area contributed by atoms with Crippen molar-refractivity contribution in [1.29, 1.82) is 0 Å². The number of halogens is 1. The summed E-state index contributed by atoms with van der Waals surface area (Å²) < 4.78 is 0. The van der Waals surface area contributed by atoms with E-state index in [1.165, 1.54) is 18.2 Å². The number of fused-ring (bicyclic) bond motifs is 1. The molecular formula is C20H18ClN3O3. The van der Waals surface area contributed by atoms with Gasteiger partial charge in [-0.3, -0.25) is 14.9 Å². The molecule has 138 valence electrons. The van der Waals surface area contributed by atoms with Crippen molar-refractivity contribution in [2.24, 2.45) is 0 Å². The lowest BCUT2D eigenvalue weighted by Gasteiger charge is -2.16. The smallest absolute Gasteiger partial charge is 0.292 e. The normalized spacial score (nSPS) is 11.9. The fraction of sp³-hybridized carbons (Fsp3) is 0.150. The molecule has 0 aromatic heterocycles. The molecule has 0 aliphatic rings. The first-order valence-electron chi connectivity index (χ1n) is 8.40. The average Bonchev–Trinajstić information content (AvgIpc) is 2.65. The molecule has 3 rings (SSSR count). The van der Waals surface area contributed by atoms with E-state index in [-0.39, 0.29) is 29.9 Å². The van der Waals surface area contributed by atoms with Gasteiger partial charge >= 0.3 is 0 Å². The molecule has 6 nitrogen and oxygen atoms in total. The van der Waals surface area contributed by atoms with Crippen LogP contribution in [0.5, 0.6) is 0 Å². The minimum absolute atomic E-state index is 0.00799. The van der Waals surface area contributed by atoms with Crippen LogP contribution >= 0.6 is 11.6 Å². The maximum Gasteiger partial charge on any atom is 0.292 e. The molecule has 0 bridgehead atoms. The molecule has 0 aliphatic carbocycles. The lowest BCUT2D eigenvalue weighted by Crippen LogP contribution is -2.30. The van der Waals surface area contributed by atoms with Crippen molar-refractivity contribution in [2.75, 3.05) is 11.9 Å². The predicted octanol–water partition coefficient (Wildman–Crippen LogP) is 4.69. The fourth-order valence-corrected chi connectivity index (χ4v) is 3.12. The van der Waals surface area contributed by atoms with Gasteiger partial charge in [0.1, 0.15) is 5.69 Å². The fourth-order valence-electron chi connectivity index (χ4n) is 2.95. The monoisotopic (exact) mass is 383 g/mol. The highest BCUT2D eigenvalue weighted by Crippen LogP contribution is 2.28. The number of anilines is 1. The van der Waals surface area contributed by atoms with Crippen LogP contribution in [0.2, 0.25) is 5.02 Å². The molecule has 1 atom stereocenters. The van der Waals surface area contributed by atoms with Crippen molar-refractivity contribution in [1.82, 2.24) is 5.32 Å². The number of carbonyl (C=O) groups is 1. The zero-order valence-electron chi connectivity index (χ0n) is 14.6. The summed E-state index contributed by atoms with van der Waals surface area (Å²) >= 11 is 5.88. The maximum absolute atomic E-state index is 12.3. The second-order valence-corrected chi connectivity index (χ2v) is 6.57. The topological polar surface area (TPSA) is 84.3 Å². The molecule has 1 amide bonds. The molecule has 0 spiro atoms. The van der Waals surface area contributed by atoms with Gasteiger partial charge in [0.25, 0.3) is 5.69 Å². The first kappa shape index (κ1) is 18.8. The Morgan fingerprint density at radius 2 is 1.89 bits per heavy atom. The number of nitrogens with zero attached hydrogens (tertiary/aromatic N) is 1. The highest BCUT2D eigenvalue weighted by molar-refractivity contribution is 6.31. The van der Waals surface area contributed by atoms with Gasteiger partial charge in [0.15, 0.2) is 0 Å². The quantitative estimate of drug-likeness (QED) is 0.477. The first-order valence-corrected chi connectivity index (χ1v) is 8.78. The number of nitro groups is 1. The summed E-state index contributed by atoms with van der Waals surface area (Å²) in [6.45, 7) is 1.98. The van der Waals surface area contributed by atoms with Crippen LogP contribution < -0.4 is 10.6 Å². The van der Waals surface area contributed by atoms with Gasteiger partial charge < -0.3 is 10.6 Å². The molecule has 0 saturated heterocycles. The largest absolute Gasteiger partial charge is 0.319 e. The summed E-state index contributed by atoms with van der Waals surface area (Å²) in [5, 5.41) is 19.4. The predicted molar refractivity (Wildman–Crippen MR) is 107 cm³/mol. The van der Waals surface area contributed by atoms with E-state index in [4.69, 9.17) is 11.6 Å². The number of rotatable bonds is 6. The van der Waals surface area contributed by atoms with E-state index in [0.29, 0.717) is 5.02 Å². The van der Waals surface area contributed by atoms with Crippen LogP contribution in [0, 0.1) is 10.1 Å². The van der Waals surface area contributed by atoms with E-state index in [2.05, 4.69) is 10.6 Å². The summed E-state index contributed by atoms with van der Waals surface area (Å²) in [6.07, 6.45) is 0. The van der Waals surface area contributed by atoms with Crippen molar-refractivity contribution in [2.45, 2.75) is 13.0 Å². The van der Waals surface area contributed by atoms with Crippen LogP contribution in [0.1, 0.15) is 18.5 Å². The number of carbonyl (C=O) groups excluding carboxylic acids is 1. The maximum atomic E-state index is 12.3. The van der Waals surface area contributed by atoms with Crippen molar-refractivity contribution in [3.63, 3.8) is 0 Å². The van der Waals surface area contributed by atoms with Crippen molar-refractivity contribution in [3.8, 4) is 0 Å². The second-order valence-electron chi connectivity index (χ2n) is 6.14. The first-order chi connectivity index (χ1) is 13.0. The van der Waals surface area contributed by atoms with Crippen molar-refractivity contribution in [3.05, 3.63) is 81.4 Å². The molecule has 0 fully saturated rings. The Hall–Kier alpha value is -2.96. The van der Waals surface area contributed by atoms with E-state index in [1.54, 1.807) is 0 Å². The molecule has 0 saturated carbocycles. The Balaban J connectivity index is 1.69. The summed E-state index contributed by atoms with van der Waals surface area (Å²) in [7, 11) is 0. The van der Waals surface area contributed by atoms with E-state index in [1.807, 2.05) is 49.4 Å². The third-order valence-corrected chi connectivity index (χ3v) is 4.52. The van der Waals surface area contributed by atoms with Gasteiger partial charge in [-0.2, -0.15) is 0 Å². The minimum atomic E-state index is -0.557. The van der Waals surface area contributed by atoms with E-state index < -0.39 is 4.92 Å². The number of nitro benzene ring substituents is 1. The lowest BCUT2D eigenvalue weighted by atomic mass is 10.00. The standard InChI is InChI=1S/C20H18ClN3O3/c1-13(16-8-4-6-14-5-2-3-7-17(14)16)22-12-20(25)23-18-11-15(21)9-10-19(18)24(26)27/h2-11,13,22H,12H2,1H3,(H,23,25)/t13-/m1/s1. The Kier molecular flexibility index (Phi) is 5.69. The van der Waals surface area contributed by atoms with Crippen molar-refractivity contribution >= 4 is 39.7 Å². The molecule has 7 heteroatoms. The summed E-state index contributed by atoms with van der Waals surface area (Å²) in [6, 6.07) is 18.0. The van der Waals surface area contributed by atoms with Gasteiger partial charge in [-0.25, -0.2) is 0 Å². The molecule has 27 heavy (non-hydrogen) atoms. The minimum Gasteiger partial charge on any atom is -0.319 e. The highest BCUT2D eigenvalue weighted by Gasteiger charge is 2.17. The van der Waals surface area contributed by atoms with Gasteiger partial charge in [-0.05, 0) is 35.4 Å². The van der Waals surface area contributed by atoms with Crippen LogP contribution in [0.15, 0.2) is 60.7 Å². The lowest BCUT2D eigenvalue weighted by molar-refractivity contribution is -0.383. The summed E-state index contributed by atoms with van der Waals surface area (Å²) in [4.78, 5) is 22.8. The van der Waals surface area contributed by atoms with Gasteiger partial charge in [0.05, 0.1) is 11.5 Å². The second kappa shape index (κ2) is 8.16. The molecule has 0 radical (unpaired) electrons. The zero-order valence-corrected chi connectivity index (χ0v) is 15.4. The number of nitrogens with one attached hydrogen (secondary N) is 2. The summed E-state index contributed by atoms with van der Waals surface area (Å²) in [5.74, 6) is -0.382. The van der Waals surface area contributed by atoms with Gasteiger partial charge in [-0.1, -0.05) is 54.1 Å². The Morgan fingerprint density at radius 3 is 2.67 bits per heavy atom. The molecular weight excluding hydrogens is 366 g/mol. The van der Waals surface area contributed by atoms with Crippen LogP contribution in [-0.2, 0) is 4.79 Å². The van der Waals surface area contributed by atoms with E-state index in [9.17, 15) is 14.9 Å². The van der Waals surface area contributed by atoms with Crippen LogP contribution in [0.4, 0.5) is 11.4 Å². The van der Waals surface area contributed by atoms with Gasteiger partial charge in [0.2, 0.25) is 5.91 Å². The van der Waals surface area contributed by atoms with Crippen LogP contribution in [0.3, 0.4) is 0 Å². The third kappa shape index (κ3) is 4.42. The van der Waals surface area contributed by atoms with Crippen molar-refractivity contribution < 1.29 is 9.72 Å². The molecule has 3 aromatic rings. The molecule has 0 aliphatic heterocycles. The molecule has 3 aromatic carbocycles. The van der Waals surface area contributed by atoms with Gasteiger partial charge in [-0.15, -0.1) is 0 Å². The molecule has 0 unspecified atom stereocenters. The average molecular weight is 384 g/mol. The Bertz CT molecular complexity index is 1000. The number of benzene rings is 3. The Labute approximate surface area is 161 Å². The number of amides is 1. The number of hydrogen-bond donors (Lipinski definition) is 2. The summed E-state index contributed by atoms with van der Waals surface area (Å²) in [5.41, 5.74) is 0.960. The van der Waals surface area contributed by atoms with Crippen LogP contribution in [0.25, 0.3) is 10.8 Å². The highest BCUT2D eigenvalue weighted by atomic mass is 35.5. The molecule has 2 N–H and O–H groups in total. The van der Waals surface area contributed by atoms with E-state index >= 15 is 0 Å². The number of hydrogen-bond acceptors (Lipinski definition) is 4. The zero-order chi connectivity index (χ0) is 19.4.